The summed E-state index contributed by atoms with van der Waals surface area (Å²) in [5, 5.41) is 23.7. The Labute approximate surface area is 118 Å². The third-order valence-electron chi connectivity index (χ3n) is 3.93. The van der Waals surface area contributed by atoms with Crippen molar-refractivity contribution in [3.05, 3.63) is 0 Å². The van der Waals surface area contributed by atoms with Gasteiger partial charge in [0.1, 0.15) is 0 Å². The number of hydrogen-bond acceptors (Lipinski definition) is 4. The second-order valence-corrected chi connectivity index (χ2v) is 6.23. The van der Waals surface area contributed by atoms with Crippen molar-refractivity contribution in [2.45, 2.75) is 51.4 Å². The lowest BCUT2D eigenvalue weighted by molar-refractivity contribution is -0.141. The number of rotatable bonds is 6. The van der Waals surface area contributed by atoms with E-state index in [-0.39, 0.29) is 24.1 Å². The number of aliphatic carboxylic acids is 1. The van der Waals surface area contributed by atoms with Gasteiger partial charge in [-0.15, -0.1) is 0 Å². The van der Waals surface area contributed by atoms with Gasteiger partial charge in [0, 0.05) is 25.1 Å². The number of amides is 2. The summed E-state index contributed by atoms with van der Waals surface area (Å²) < 4.78 is 5.29. The molecule has 0 aromatic carbocycles. The highest BCUT2D eigenvalue weighted by Crippen LogP contribution is 2.42. The van der Waals surface area contributed by atoms with Gasteiger partial charge in [0.25, 0.3) is 0 Å². The Balaban J connectivity index is 2.37. The fourth-order valence-electron chi connectivity index (χ4n) is 2.40. The van der Waals surface area contributed by atoms with E-state index in [4.69, 9.17) is 9.84 Å². The van der Waals surface area contributed by atoms with Gasteiger partial charge in [-0.2, -0.15) is 0 Å². The molecule has 1 aliphatic carbocycles. The molecule has 0 aromatic rings. The number of ether oxygens (including phenoxy) is 1. The number of aliphatic hydroxyl groups is 1. The van der Waals surface area contributed by atoms with Gasteiger partial charge in [-0.3, -0.25) is 4.79 Å². The smallest absolute Gasteiger partial charge is 0.315 e. The average Bonchev–Trinajstić information content (AvgIpc) is 2.30. The molecule has 0 heterocycles. The molecule has 0 spiro atoms. The molecule has 0 aliphatic heterocycles. The van der Waals surface area contributed by atoms with Gasteiger partial charge < -0.3 is 25.6 Å². The van der Waals surface area contributed by atoms with E-state index in [1.165, 1.54) is 6.92 Å². The zero-order valence-corrected chi connectivity index (χ0v) is 12.4. The molecule has 116 valence electrons. The monoisotopic (exact) mass is 288 g/mol. The number of carbonyl (C=O) groups excluding carboxylic acids is 1. The summed E-state index contributed by atoms with van der Waals surface area (Å²) in [4.78, 5) is 22.3. The first-order valence-corrected chi connectivity index (χ1v) is 6.60. The lowest BCUT2D eigenvalue weighted by atomic mass is 9.64. The molecule has 1 saturated carbocycles. The van der Waals surface area contributed by atoms with Crippen molar-refractivity contribution in [3.63, 3.8) is 0 Å². The van der Waals surface area contributed by atoms with Crippen LogP contribution in [-0.2, 0) is 9.53 Å². The van der Waals surface area contributed by atoms with Crippen LogP contribution >= 0.6 is 0 Å². The summed E-state index contributed by atoms with van der Waals surface area (Å²) in [5.41, 5.74) is -1.61. The molecule has 1 fully saturated rings. The van der Waals surface area contributed by atoms with Gasteiger partial charge in [-0.25, -0.2) is 4.79 Å². The number of carboxylic acid groups (broad SMARTS) is 1. The highest BCUT2D eigenvalue weighted by atomic mass is 16.5. The fourth-order valence-corrected chi connectivity index (χ4v) is 2.40. The van der Waals surface area contributed by atoms with Crippen LogP contribution in [0.5, 0.6) is 0 Å². The maximum absolute atomic E-state index is 11.7. The molecule has 7 heteroatoms. The summed E-state index contributed by atoms with van der Waals surface area (Å²) in [7, 11) is 1.64. The zero-order valence-electron chi connectivity index (χ0n) is 12.4. The van der Waals surface area contributed by atoms with Crippen molar-refractivity contribution in [3.8, 4) is 0 Å². The van der Waals surface area contributed by atoms with Gasteiger partial charge in [-0.05, 0) is 13.3 Å². The normalized spacial score (nSPS) is 27.1. The Kier molecular flexibility index (Phi) is 4.99. The topological polar surface area (TPSA) is 108 Å². The van der Waals surface area contributed by atoms with Gasteiger partial charge in [0.15, 0.2) is 0 Å². The second-order valence-electron chi connectivity index (χ2n) is 6.23. The first-order valence-electron chi connectivity index (χ1n) is 6.60. The van der Waals surface area contributed by atoms with Crippen LogP contribution < -0.4 is 10.6 Å². The maximum atomic E-state index is 11.7. The molecule has 0 radical (unpaired) electrons. The molecular formula is C13H24N2O5. The summed E-state index contributed by atoms with van der Waals surface area (Å²) in [6, 6.07) is -0.417. The molecule has 3 atom stereocenters. The number of nitrogens with one attached hydrogen (secondary N) is 2. The third-order valence-corrected chi connectivity index (χ3v) is 3.93. The van der Waals surface area contributed by atoms with Crippen molar-refractivity contribution in [1.29, 1.82) is 0 Å². The summed E-state index contributed by atoms with van der Waals surface area (Å²) in [6.07, 6.45) is 0.430. The predicted octanol–water partition coefficient (Wildman–Crippen LogP) is 0.325. The van der Waals surface area contributed by atoms with E-state index in [9.17, 15) is 14.7 Å². The Bertz CT molecular complexity index is 381. The molecule has 0 aromatic heterocycles. The lowest BCUT2D eigenvalue weighted by Gasteiger charge is -2.51. The molecule has 1 aliphatic rings. The van der Waals surface area contributed by atoms with E-state index in [0.29, 0.717) is 0 Å². The molecule has 20 heavy (non-hydrogen) atoms. The zero-order chi connectivity index (χ0) is 15.6. The molecule has 7 nitrogen and oxygen atoms in total. The minimum atomic E-state index is -1.46. The number of carboxylic acids is 1. The Morgan fingerprint density at radius 2 is 2.05 bits per heavy atom. The predicted molar refractivity (Wildman–Crippen MR) is 72.4 cm³/mol. The van der Waals surface area contributed by atoms with Crippen LogP contribution in [0.25, 0.3) is 0 Å². The molecule has 0 saturated heterocycles. The second kappa shape index (κ2) is 5.97. The summed E-state index contributed by atoms with van der Waals surface area (Å²) >= 11 is 0. The summed E-state index contributed by atoms with van der Waals surface area (Å²) in [5.74, 6) is -1.11. The van der Waals surface area contributed by atoms with Gasteiger partial charge >= 0.3 is 12.0 Å². The largest absolute Gasteiger partial charge is 0.481 e. The summed E-state index contributed by atoms with van der Waals surface area (Å²) in [6.45, 7) is 5.27. The first kappa shape index (κ1) is 16.7. The van der Waals surface area contributed by atoms with Crippen LogP contribution in [0.15, 0.2) is 0 Å². The van der Waals surface area contributed by atoms with Crippen LogP contribution in [-0.4, -0.2) is 53.6 Å². The molecule has 2 amide bonds. The molecule has 3 unspecified atom stereocenters. The van der Waals surface area contributed by atoms with Crippen LogP contribution in [0.1, 0.15) is 33.6 Å². The first-order chi connectivity index (χ1) is 9.08. The number of methoxy groups -OCH3 is 1. The number of hydrogen-bond donors (Lipinski definition) is 4. The SMILES string of the molecule is COC1CC(NC(=O)NCC(C)(O)CC(=O)O)C1(C)C. The van der Waals surface area contributed by atoms with E-state index in [2.05, 4.69) is 10.6 Å². The average molecular weight is 288 g/mol. The lowest BCUT2D eigenvalue weighted by Crippen LogP contribution is -2.63. The number of urea groups is 1. The Morgan fingerprint density at radius 1 is 1.45 bits per heavy atom. The third kappa shape index (κ3) is 4.08. The van der Waals surface area contributed by atoms with E-state index >= 15 is 0 Å². The fraction of sp³-hybridized carbons (Fsp3) is 0.846. The van der Waals surface area contributed by atoms with Crippen molar-refractivity contribution < 1.29 is 24.5 Å². The van der Waals surface area contributed by atoms with Crippen molar-refractivity contribution >= 4 is 12.0 Å². The standard InChI is InChI=1S/C13H24N2O5/c1-12(2)8(5-9(12)20-4)15-11(18)14-7-13(3,19)6-10(16)17/h8-9,19H,5-7H2,1-4H3,(H,16,17)(H2,14,15,18). The van der Waals surface area contributed by atoms with Crippen LogP contribution in [0.3, 0.4) is 0 Å². The van der Waals surface area contributed by atoms with Crippen molar-refractivity contribution in [2.75, 3.05) is 13.7 Å². The van der Waals surface area contributed by atoms with Gasteiger partial charge in [0.2, 0.25) is 0 Å². The molecule has 4 N–H and O–H groups in total. The molecular weight excluding hydrogens is 264 g/mol. The van der Waals surface area contributed by atoms with Crippen LogP contribution in [0.2, 0.25) is 0 Å². The van der Waals surface area contributed by atoms with E-state index in [1.54, 1.807) is 7.11 Å². The quantitative estimate of drug-likeness (QED) is 0.563. The van der Waals surface area contributed by atoms with Crippen molar-refractivity contribution in [1.82, 2.24) is 10.6 Å². The van der Waals surface area contributed by atoms with E-state index < -0.39 is 24.0 Å². The van der Waals surface area contributed by atoms with Crippen LogP contribution in [0.4, 0.5) is 4.79 Å². The maximum Gasteiger partial charge on any atom is 0.315 e. The Hall–Kier alpha value is -1.34. The molecule has 0 bridgehead atoms. The van der Waals surface area contributed by atoms with E-state index in [1.807, 2.05) is 13.8 Å². The minimum Gasteiger partial charge on any atom is -0.481 e. The van der Waals surface area contributed by atoms with Gasteiger partial charge in [0.05, 0.1) is 18.1 Å². The Morgan fingerprint density at radius 3 is 2.50 bits per heavy atom. The van der Waals surface area contributed by atoms with Crippen molar-refractivity contribution in [2.24, 2.45) is 5.41 Å². The highest BCUT2D eigenvalue weighted by Gasteiger charge is 2.49. The highest BCUT2D eigenvalue weighted by molar-refractivity contribution is 5.75. The van der Waals surface area contributed by atoms with Crippen LogP contribution in [0, 0.1) is 5.41 Å². The molecule has 1 rings (SSSR count). The minimum absolute atomic E-state index is 0.00290. The van der Waals surface area contributed by atoms with Gasteiger partial charge in [-0.1, -0.05) is 13.8 Å². The number of carbonyl (C=O) groups is 2. The van der Waals surface area contributed by atoms with E-state index in [0.717, 1.165) is 6.42 Å².